The topological polar surface area (TPSA) is 171 Å². The Bertz CT molecular complexity index is 1280. The van der Waals surface area contributed by atoms with Crippen molar-refractivity contribution in [3.8, 4) is 16.3 Å². The minimum Gasteiger partial charge on any atom is -0.491 e. The smallest absolute Gasteiger partial charge is 0.410 e. The van der Waals surface area contributed by atoms with E-state index in [2.05, 4.69) is 20.0 Å². The van der Waals surface area contributed by atoms with Gasteiger partial charge >= 0.3 is 7.05 Å². The second-order valence-electron chi connectivity index (χ2n) is 7.62. The Labute approximate surface area is 207 Å². The number of pyridine rings is 1. The van der Waals surface area contributed by atoms with Gasteiger partial charge in [0.15, 0.2) is 0 Å². The van der Waals surface area contributed by atoms with Crippen LogP contribution in [0.5, 0.6) is 5.75 Å². The lowest BCUT2D eigenvalue weighted by molar-refractivity contribution is 0.0649. The normalized spacial score (nSPS) is 12.2. The number of hydrogen-bond acceptors (Lipinski definition) is 11. The van der Waals surface area contributed by atoms with Crippen molar-refractivity contribution in [2.75, 3.05) is 37.4 Å². The highest BCUT2D eigenvalue weighted by Gasteiger charge is 2.16. The highest BCUT2D eigenvalue weighted by molar-refractivity contribution is 7.86. The summed E-state index contributed by atoms with van der Waals surface area (Å²) in [5.74, 6) is 0.833. The molecule has 186 valence electrons. The molecule has 12 nitrogen and oxygen atoms in total. The van der Waals surface area contributed by atoms with E-state index in [1.165, 1.54) is 11.3 Å². The van der Waals surface area contributed by atoms with Crippen LogP contribution < -0.4 is 9.55 Å². The molecule has 0 amide bonds. The van der Waals surface area contributed by atoms with E-state index < -0.39 is 29.9 Å². The molecule has 0 aliphatic rings. The van der Waals surface area contributed by atoms with Crippen LogP contribution in [-0.4, -0.2) is 74.2 Å². The number of thiazole rings is 1. The van der Waals surface area contributed by atoms with Crippen LogP contribution in [0.4, 0.5) is 5.82 Å². The van der Waals surface area contributed by atoms with Gasteiger partial charge in [-0.05, 0) is 56.2 Å². The van der Waals surface area contributed by atoms with Crippen molar-refractivity contribution in [3.05, 3.63) is 47.0 Å². The van der Waals surface area contributed by atoms with Gasteiger partial charge in [0.05, 0.1) is 22.6 Å². The summed E-state index contributed by atoms with van der Waals surface area (Å²) in [6.45, 7) is 1.11. The van der Waals surface area contributed by atoms with Gasteiger partial charge in [-0.15, -0.1) is 11.3 Å². The Morgan fingerprint density at radius 2 is 2.11 bits per heavy atom. The average Bonchev–Trinajstić information content (AvgIpc) is 3.27. The maximum atomic E-state index is 11.8. The van der Waals surface area contributed by atoms with Crippen molar-refractivity contribution < 1.29 is 27.5 Å². The summed E-state index contributed by atoms with van der Waals surface area (Å²) in [6.07, 6.45) is 0.679. The zero-order valence-corrected chi connectivity index (χ0v) is 20.8. The van der Waals surface area contributed by atoms with E-state index in [0.29, 0.717) is 11.6 Å². The number of hydrogen-bond donors (Lipinski definition) is 2. The molecule has 0 spiro atoms. The van der Waals surface area contributed by atoms with Crippen molar-refractivity contribution in [3.63, 3.8) is 0 Å². The van der Waals surface area contributed by atoms with Crippen LogP contribution >= 0.6 is 11.3 Å². The Hall–Kier alpha value is -2.94. The Morgan fingerprint density at radius 3 is 2.80 bits per heavy atom. The molecule has 3 rings (SSSR count). The maximum absolute atomic E-state index is 11.8. The number of aliphatic hydroxyl groups excluding tert-OH is 1. The average molecular weight is 520 g/mol. The lowest BCUT2D eigenvalue weighted by Gasteiger charge is -2.18. The van der Waals surface area contributed by atoms with Gasteiger partial charge in [-0.3, -0.25) is 4.18 Å². The molecule has 0 saturated carbocycles. The lowest BCUT2D eigenvalue weighted by atomic mass is 9.86. The number of azide groups is 1. The molecular weight excluding hydrogens is 495 g/mol. The molecule has 3 aromatic rings. The van der Waals surface area contributed by atoms with Crippen molar-refractivity contribution in [2.45, 2.75) is 19.3 Å². The summed E-state index contributed by atoms with van der Waals surface area (Å²) in [5.41, 5.74) is 9.81. The van der Waals surface area contributed by atoms with Crippen molar-refractivity contribution >= 4 is 44.5 Å². The quantitative estimate of drug-likeness (QED) is 0.0858. The molecule has 2 N–H and O–H groups in total. The highest BCUT2D eigenvalue weighted by Crippen LogP contribution is 2.32. The fourth-order valence-electron chi connectivity index (χ4n) is 2.87. The zero-order valence-electron chi connectivity index (χ0n) is 19.2. The highest BCUT2D eigenvalue weighted by atomic mass is 32.2. The van der Waals surface area contributed by atoms with E-state index >= 15 is 0 Å². The molecule has 0 saturated heterocycles. The van der Waals surface area contributed by atoms with Crippen LogP contribution in [0.25, 0.3) is 31.2 Å². The second kappa shape index (κ2) is 12.2. The van der Waals surface area contributed by atoms with Crippen molar-refractivity contribution in [1.29, 1.82) is 0 Å². The summed E-state index contributed by atoms with van der Waals surface area (Å²) in [5, 5.41) is 23.7. The van der Waals surface area contributed by atoms with Crippen LogP contribution in [0.15, 0.2) is 41.6 Å². The number of nitrogens with zero attached hydrogens (tertiary/aromatic N) is 6. The fraction of sp³-hybridized carbons (Fsp3) is 0.400. The van der Waals surface area contributed by atoms with Crippen LogP contribution in [0.1, 0.15) is 6.42 Å². The molecule has 0 bridgehead atoms. The van der Waals surface area contributed by atoms with Gasteiger partial charge in [-0.25, -0.2) is 9.97 Å². The molecule has 0 fully saturated rings. The summed E-state index contributed by atoms with van der Waals surface area (Å²) in [6, 6.07) is 9.00. The summed E-state index contributed by atoms with van der Waals surface area (Å²) < 4.78 is 34.8. The molecule has 1 aromatic carbocycles. The Kier molecular flexibility index (Phi) is 9.26. The molecule has 0 radical (unpaired) electrons. The van der Waals surface area contributed by atoms with Crippen molar-refractivity contribution in [1.82, 2.24) is 9.97 Å². The third-order valence-electron chi connectivity index (χ3n) is 4.87. The van der Waals surface area contributed by atoms with Gasteiger partial charge in [0, 0.05) is 23.2 Å². The predicted molar refractivity (Wildman–Crippen MR) is 135 cm³/mol. The van der Waals surface area contributed by atoms with Gasteiger partial charge < -0.3 is 19.7 Å². The van der Waals surface area contributed by atoms with E-state index in [0.717, 1.165) is 20.8 Å². The first-order valence-electron chi connectivity index (χ1n) is 10.7. The molecule has 1 atom stereocenters. The van der Waals surface area contributed by atoms with E-state index in [9.17, 15) is 18.5 Å². The fourth-order valence-corrected chi connectivity index (χ4v) is 4.82. The van der Waals surface area contributed by atoms with Crippen LogP contribution in [-0.2, 0) is 14.3 Å². The lowest BCUT2D eigenvalue weighted by Crippen LogP contribution is -2.33. The number of anilines is 1. The number of aromatic nitrogens is 2. The monoisotopic (exact) mass is 520 g/mol. The summed E-state index contributed by atoms with van der Waals surface area (Å²) in [4.78, 5) is 13.2. The first-order chi connectivity index (χ1) is 16.7. The Morgan fingerprint density at radius 1 is 1.31 bits per heavy atom. The van der Waals surface area contributed by atoms with E-state index in [1.54, 1.807) is 43.1 Å². The van der Waals surface area contributed by atoms with Gasteiger partial charge in [0.2, 0.25) is 0 Å². The van der Waals surface area contributed by atoms with Gasteiger partial charge in [0.25, 0.3) is 10.1 Å². The molecule has 0 aliphatic carbocycles. The third-order valence-corrected chi connectivity index (χ3v) is 7.23. The Balaban J connectivity index is 1.56. The molecule has 2 aromatic heterocycles. The van der Waals surface area contributed by atoms with Crippen LogP contribution in [0.3, 0.4) is 0 Å². The second-order valence-corrected chi connectivity index (χ2v) is 10.4. The first-order valence-corrected chi connectivity index (χ1v) is 13.0. The van der Waals surface area contributed by atoms with Crippen LogP contribution in [0, 0.1) is 0 Å². The van der Waals surface area contributed by atoms with E-state index in [4.69, 9.17) is 14.5 Å². The molecule has 1 unspecified atom stereocenters. The van der Waals surface area contributed by atoms with E-state index in [1.807, 2.05) is 12.1 Å². The van der Waals surface area contributed by atoms with Gasteiger partial charge in [0.1, 0.15) is 29.3 Å². The number of rotatable bonds is 13. The number of ether oxygens (including phenoxy) is 1. The molecule has 2 heterocycles. The first kappa shape index (κ1) is 26.7. The minimum absolute atomic E-state index is 0.0503. The third kappa shape index (κ3) is 7.78. The van der Waals surface area contributed by atoms with E-state index in [-0.39, 0.29) is 25.3 Å². The zero-order chi connectivity index (χ0) is 25.4. The summed E-state index contributed by atoms with van der Waals surface area (Å²) >= 11 is 1.45. The van der Waals surface area contributed by atoms with Gasteiger partial charge in [-0.1, -0.05) is 5.11 Å². The van der Waals surface area contributed by atoms with Crippen LogP contribution in [0.2, 0.25) is 6.82 Å². The molecule has 35 heavy (non-hydrogen) atoms. The maximum Gasteiger partial charge on any atom is 0.410 e. The minimum atomic E-state index is -3.83. The standard InChI is InChI=1S/C20H25BN6O6S2/c1-21(29)27(2)19-7-4-14(11-23-19)20-25-17-6-5-16(10-18(17)34-20)32-12-15(28)13-33-35(30,31)9-3-8-24-26-22/h4-7,10-11,15,28-29H,3,8-9,12-13H2,1-2H3. The summed E-state index contributed by atoms with van der Waals surface area (Å²) in [7, 11) is -2.73. The molecule has 15 heteroatoms. The molecule has 0 aliphatic heterocycles. The SMILES string of the molecule is CB(O)N(C)c1ccc(-c2nc3ccc(OCC(O)COS(=O)(=O)CCCN=[N+]=[N-])cc3s2)cn1. The number of benzene rings is 1. The molecular formula is C20H25BN6O6S2. The van der Waals surface area contributed by atoms with Gasteiger partial charge in [-0.2, -0.15) is 8.42 Å². The van der Waals surface area contributed by atoms with Crippen molar-refractivity contribution in [2.24, 2.45) is 5.11 Å². The predicted octanol–water partition coefficient (Wildman–Crippen LogP) is 2.69. The largest absolute Gasteiger partial charge is 0.491 e. The number of aliphatic hydroxyl groups is 1. The number of fused-ring (bicyclic) bond motifs is 1.